The molecule has 0 heterocycles. The van der Waals surface area contributed by atoms with Gasteiger partial charge in [0.1, 0.15) is 11.6 Å². The number of nitrogens with one attached hydrogen (secondary N) is 2. The number of carbonyl (C=O) groups is 3. The quantitative estimate of drug-likeness (QED) is 0.431. The van der Waals surface area contributed by atoms with Gasteiger partial charge in [0.2, 0.25) is 5.91 Å². The number of thioether (sulfide) groups is 1. The van der Waals surface area contributed by atoms with Crippen molar-refractivity contribution in [2.75, 3.05) is 5.75 Å². The summed E-state index contributed by atoms with van der Waals surface area (Å²) >= 11 is 1.02. The molecule has 0 bridgehead atoms. The highest BCUT2D eigenvalue weighted by molar-refractivity contribution is 8.00. The molecule has 0 aliphatic carbocycles. The number of Topliss-reactive ketones (excluding diaryl/α,β-unsaturated/α-hetero) is 1. The fraction of sp³-hybridized carbons (Fsp3) is 0.211. The van der Waals surface area contributed by atoms with Crippen LogP contribution in [0.2, 0.25) is 0 Å². The Labute approximate surface area is 160 Å². The van der Waals surface area contributed by atoms with Gasteiger partial charge in [0.15, 0.2) is 11.9 Å². The van der Waals surface area contributed by atoms with Gasteiger partial charge >= 0.3 is 0 Å². The van der Waals surface area contributed by atoms with Gasteiger partial charge in [-0.15, -0.1) is 11.8 Å². The van der Waals surface area contributed by atoms with Crippen molar-refractivity contribution in [1.82, 2.24) is 10.9 Å². The van der Waals surface area contributed by atoms with E-state index in [0.29, 0.717) is 16.2 Å². The molecule has 0 fully saturated rings. The second-order valence-corrected chi connectivity index (χ2v) is 6.61. The van der Waals surface area contributed by atoms with Crippen molar-refractivity contribution in [1.29, 1.82) is 0 Å². The Balaban J connectivity index is 1.76. The Morgan fingerprint density at radius 2 is 1.74 bits per heavy atom. The van der Waals surface area contributed by atoms with Gasteiger partial charge in [-0.1, -0.05) is 12.1 Å². The number of hydrazine groups is 1. The van der Waals surface area contributed by atoms with Crippen LogP contribution in [-0.4, -0.2) is 29.5 Å². The third-order valence-electron chi connectivity index (χ3n) is 3.46. The number of hydrogen-bond donors (Lipinski definition) is 2. The van der Waals surface area contributed by atoms with E-state index in [1.165, 1.54) is 19.9 Å². The molecule has 142 valence electrons. The minimum Gasteiger partial charge on any atom is -0.481 e. The summed E-state index contributed by atoms with van der Waals surface area (Å²) in [4.78, 5) is 35.3. The summed E-state index contributed by atoms with van der Waals surface area (Å²) in [6.07, 6.45) is -0.868. The largest absolute Gasteiger partial charge is 0.481 e. The minimum absolute atomic E-state index is 0.0526. The van der Waals surface area contributed by atoms with Gasteiger partial charge < -0.3 is 4.74 Å². The summed E-state index contributed by atoms with van der Waals surface area (Å²) in [6.45, 7) is 2.98. The lowest BCUT2D eigenvalue weighted by atomic mass is 10.1. The molecule has 0 spiro atoms. The first-order valence-electron chi connectivity index (χ1n) is 8.10. The molecule has 0 aliphatic heterocycles. The lowest BCUT2D eigenvalue weighted by molar-refractivity contribution is -0.131. The molecule has 1 atom stereocenters. The number of halogens is 1. The average Bonchev–Trinajstić information content (AvgIpc) is 2.65. The Bertz CT molecular complexity index is 827. The fourth-order valence-electron chi connectivity index (χ4n) is 2.00. The molecule has 0 aliphatic rings. The maximum Gasteiger partial charge on any atom is 0.279 e. The van der Waals surface area contributed by atoms with E-state index >= 15 is 0 Å². The van der Waals surface area contributed by atoms with Crippen molar-refractivity contribution in [3.05, 3.63) is 59.9 Å². The smallest absolute Gasteiger partial charge is 0.279 e. The molecular formula is C19H19FN2O4S. The van der Waals surface area contributed by atoms with Crippen LogP contribution >= 0.6 is 11.8 Å². The maximum absolute atomic E-state index is 13.5. The highest BCUT2D eigenvalue weighted by atomic mass is 32.2. The van der Waals surface area contributed by atoms with Crippen molar-refractivity contribution >= 4 is 29.4 Å². The van der Waals surface area contributed by atoms with Crippen LogP contribution in [-0.2, 0) is 9.59 Å². The van der Waals surface area contributed by atoms with Crippen molar-refractivity contribution in [2.24, 2.45) is 0 Å². The third kappa shape index (κ3) is 6.41. The minimum atomic E-state index is -0.868. The van der Waals surface area contributed by atoms with Crippen LogP contribution in [0.4, 0.5) is 4.39 Å². The van der Waals surface area contributed by atoms with Gasteiger partial charge in [0.05, 0.1) is 5.75 Å². The molecule has 0 saturated heterocycles. The molecule has 1 unspecified atom stereocenters. The molecule has 2 aromatic carbocycles. The fourth-order valence-corrected chi connectivity index (χ4v) is 2.74. The third-order valence-corrected chi connectivity index (χ3v) is 4.51. The lowest BCUT2D eigenvalue weighted by Gasteiger charge is -2.15. The molecule has 8 heteroatoms. The number of benzene rings is 2. The Morgan fingerprint density at radius 3 is 2.37 bits per heavy atom. The second-order valence-electron chi connectivity index (χ2n) is 5.60. The van der Waals surface area contributed by atoms with Crippen molar-refractivity contribution in [3.63, 3.8) is 0 Å². The summed E-state index contributed by atoms with van der Waals surface area (Å²) in [7, 11) is 0. The zero-order valence-electron chi connectivity index (χ0n) is 14.8. The number of rotatable bonds is 7. The summed E-state index contributed by atoms with van der Waals surface area (Å²) in [5.41, 5.74) is 5.06. The first-order valence-corrected chi connectivity index (χ1v) is 9.09. The van der Waals surface area contributed by atoms with Crippen LogP contribution in [0.3, 0.4) is 0 Å². The summed E-state index contributed by atoms with van der Waals surface area (Å²) < 4.78 is 18.9. The molecule has 2 amide bonds. The van der Waals surface area contributed by atoms with E-state index in [9.17, 15) is 18.8 Å². The SMILES string of the molecule is CC(=O)c1ccc(OC(C)C(=O)NNC(=O)CSc2ccccc2F)cc1. The first kappa shape index (κ1) is 20.4. The van der Waals surface area contributed by atoms with Gasteiger partial charge in [-0.25, -0.2) is 4.39 Å². The predicted molar refractivity (Wildman–Crippen MR) is 99.9 cm³/mol. The number of hydrogen-bond acceptors (Lipinski definition) is 5. The molecule has 0 radical (unpaired) electrons. The van der Waals surface area contributed by atoms with Crippen molar-refractivity contribution in [3.8, 4) is 5.75 Å². The Kier molecular flexibility index (Phi) is 7.36. The van der Waals surface area contributed by atoms with Crippen molar-refractivity contribution in [2.45, 2.75) is 24.8 Å². The topological polar surface area (TPSA) is 84.5 Å². The molecule has 6 nitrogen and oxygen atoms in total. The van der Waals surface area contributed by atoms with E-state index in [-0.39, 0.29) is 11.5 Å². The molecule has 2 rings (SSSR count). The van der Waals surface area contributed by atoms with Crippen molar-refractivity contribution < 1.29 is 23.5 Å². The lowest BCUT2D eigenvalue weighted by Crippen LogP contribution is -2.47. The first-order chi connectivity index (χ1) is 12.9. The number of ketones is 1. The summed E-state index contributed by atoms with van der Waals surface area (Å²) in [5, 5.41) is 0. The van der Waals surface area contributed by atoms with Gasteiger partial charge in [-0.3, -0.25) is 25.2 Å². The van der Waals surface area contributed by atoms with E-state index in [1.54, 1.807) is 42.5 Å². The second kappa shape index (κ2) is 9.72. The van der Waals surface area contributed by atoms with E-state index in [4.69, 9.17) is 4.74 Å². The van der Waals surface area contributed by atoms with E-state index < -0.39 is 23.7 Å². The van der Waals surface area contributed by atoms with Crippen LogP contribution < -0.4 is 15.6 Å². The van der Waals surface area contributed by atoms with E-state index in [2.05, 4.69) is 10.9 Å². The average molecular weight is 390 g/mol. The van der Waals surface area contributed by atoms with Crippen LogP contribution in [0, 0.1) is 5.82 Å². The number of amides is 2. The summed E-state index contributed by atoms with van der Waals surface area (Å²) in [6, 6.07) is 12.5. The van der Waals surface area contributed by atoms with Crippen LogP contribution in [0.25, 0.3) is 0 Å². The Morgan fingerprint density at radius 1 is 1.07 bits per heavy atom. The highest BCUT2D eigenvalue weighted by Gasteiger charge is 2.16. The predicted octanol–water partition coefficient (Wildman–Crippen LogP) is 2.74. The van der Waals surface area contributed by atoms with E-state index in [0.717, 1.165) is 11.8 Å². The highest BCUT2D eigenvalue weighted by Crippen LogP contribution is 2.20. The monoisotopic (exact) mass is 390 g/mol. The zero-order chi connectivity index (χ0) is 19.8. The standard InChI is InChI=1S/C19H19FN2O4S/c1-12(23)14-7-9-15(10-8-14)26-13(2)19(25)22-21-18(24)11-27-17-6-4-3-5-16(17)20/h3-10,13H,11H2,1-2H3,(H,21,24)(H,22,25). The van der Waals surface area contributed by atoms with Crippen LogP contribution in [0.5, 0.6) is 5.75 Å². The zero-order valence-corrected chi connectivity index (χ0v) is 15.6. The molecule has 2 N–H and O–H groups in total. The summed E-state index contributed by atoms with van der Waals surface area (Å²) in [5.74, 6) is -1.13. The van der Waals surface area contributed by atoms with Gasteiger partial charge in [0.25, 0.3) is 5.91 Å². The Hall–Kier alpha value is -2.87. The molecule has 27 heavy (non-hydrogen) atoms. The normalized spacial score (nSPS) is 11.4. The van der Waals surface area contributed by atoms with Crippen LogP contribution in [0.1, 0.15) is 24.2 Å². The molecular weight excluding hydrogens is 371 g/mol. The van der Waals surface area contributed by atoms with E-state index in [1.807, 2.05) is 0 Å². The molecule has 2 aromatic rings. The molecule has 0 saturated carbocycles. The van der Waals surface area contributed by atoms with Gasteiger partial charge in [-0.05, 0) is 50.2 Å². The maximum atomic E-state index is 13.5. The van der Waals surface area contributed by atoms with Crippen LogP contribution in [0.15, 0.2) is 53.4 Å². The number of ether oxygens (including phenoxy) is 1. The molecule has 0 aromatic heterocycles. The van der Waals surface area contributed by atoms with Gasteiger partial charge in [-0.2, -0.15) is 0 Å². The van der Waals surface area contributed by atoms with Gasteiger partial charge in [0, 0.05) is 10.5 Å². The number of carbonyl (C=O) groups excluding carboxylic acids is 3.